The fourth-order valence-electron chi connectivity index (χ4n) is 2.29. The molecule has 0 bridgehead atoms. The maximum atomic E-state index is 13.6. The van der Waals surface area contributed by atoms with Crippen LogP contribution in [0.15, 0.2) is 12.1 Å². The highest BCUT2D eigenvalue weighted by Crippen LogP contribution is 2.49. The van der Waals surface area contributed by atoms with Crippen LogP contribution in [0.3, 0.4) is 0 Å². The highest BCUT2D eigenvalue weighted by atomic mass is 35.5. The van der Waals surface area contributed by atoms with Gasteiger partial charge in [-0.2, -0.15) is 22.0 Å². The quantitative estimate of drug-likeness (QED) is 0.469. The van der Waals surface area contributed by atoms with Gasteiger partial charge in [-0.3, -0.25) is 0 Å². The van der Waals surface area contributed by atoms with Crippen molar-refractivity contribution in [3.8, 4) is 0 Å². The molecule has 0 heterocycles. The van der Waals surface area contributed by atoms with Gasteiger partial charge in [-0.15, -0.1) is 11.6 Å². The molecule has 1 aromatic rings. The Labute approximate surface area is 126 Å². The highest BCUT2D eigenvalue weighted by molar-refractivity contribution is 6.21. The first-order valence-corrected chi connectivity index (χ1v) is 7.26. The van der Waals surface area contributed by atoms with E-state index >= 15 is 0 Å². The van der Waals surface area contributed by atoms with Gasteiger partial charge < -0.3 is 0 Å². The number of alkyl halides is 6. The minimum atomic E-state index is -5.67. The molecule has 0 saturated heterocycles. The van der Waals surface area contributed by atoms with E-state index in [1.807, 2.05) is 6.92 Å². The van der Waals surface area contributed by atoms with Crippen LogP contribution >= 0.6 is 11.6 Å². The minimum absolute atomic E-state index is 0.0822. The van der Waals surface area contributed by atoms with E-state index in [2.05, 4.69) is 0 Å². The molecular weight excluding hydrogens is 311 g/mol. The third-order valence-electron chi connectivity index (χ3n) is 3.53. The van der Waals surface area contributed by atoms with Crippen LogP contribution in [-0.4, -0.2) is 12.1 Å². The van der Waals surface area contributed by atoms with Gasteiger partial charge in [0, 0.05) is 0 Å². The number of hydrogen-bond donors (Lipinski definition) is 0. The Morgan fingerprint density at radius 3 is 1.62 bits per heavy atom. The van der Waals surface area contributed by atoms with Crippen molar-refractivity contribution < 1.29 is 22.0 Å². The maximum Gasteiger partial charge on any atom is 0.455 e. The first-order chi connectivity index (χ1) is 9.60. The zero-order valence-corrected chi connectivity index (χ0v) is 12.9. The highest BCUT2D eigenvalue weighted by Gasteiger charge is 2.62. The van der Waals surface area contributed by atoms with Gasteiger partial charge in [-0.1, -0.05) is 32.9 Å². The molecule has 1 unspecified atom stereocenters. The first kappa shape index (κ1) is 18.2. The monoisotopic (exact) mass is 328 g/mol. The molecule has 0 nitrogen and oxygen atoms in total. The van der Waals surface area contributed by atoms with Gasteiger partial charge in [0.1, 0.15) is 5.38 Å². The molecule has 0 aliphatic heterocycles. The molecule has 1 rings (SSSR count). The fourth-order valence-corrected chi connectivity index (χ4v) is 2.69. The Bertz CT molecular complexity index is 468. The van der Waals surface area contributed by atoms with Crippen LogP contribution in [0.1, 0.15) is 48.4 Å². The standard InChI is InChI=1S/C15H18ClF5/c1-4-9-7-10(5-2)12(11(6-3)8-9)13(16)14(17,18)15(19,20)21/h7-8,13H,4-6H2,1-3H3. The summed E-state index contributed by atoms with van der Waals surface area (Å²) in [4.78, 5) is 0. The van der Waals surface area contributed by atoms with Crippen LogP contribution in [0.5, 0.6) is 0 Å². The van der Waals surface area contributed by atoms with Crippen molar-refractivity contribution in [2.24, 2.45) is 0 Å². The van der Waals surface area contributed by atoms with Gasteiger partial charge >= 0.3 is 12.1 Å². The number of hydrogen-bond acceptors (Lipinski definition) is 0. The normalized spacial score (nSPS) is 14.3. The van der Waals surface area contributed by atoms with Crippen molar-refractivity contribution in [1.29, 1.82) is 0 Å². The zero-order chi connectivity index (χ0) is 16.4. The largest absolute Gasteiger partial charge is 0.455 e. The van der Waals surface area contributed by atoms with E-state index in [-0.39, 0.29) is 5.56 Å². The van der Waals surface area contributed by atoms with E-state index < -0.39 is 17.5 Å². The second-order valence-corrected chi connectivity index (χ2v) is 5.31. The predicted molar refractivity (Wildman–Crippen MR) is 74.2 cm³/mol. The molecule has 0 saturated carbocycles. The van der Waals surface area contributed by atoms with E-state index in [0.717, 1.165) is 5.56 Å². The van der Waals surface area contributed by atoms with E-state index in [4.69, 9.17) is 11.6 Å². The fraction of sp³-hybridized carbons (Fsp3) is 0.600. The summed E-state index contributed by atoms with van der Waals surface area (Å²) < 4.78 is 64.8. The molecule has 1 atom stereocenters. The number of benzene rings is 1. The summed E-state index contributed by atoms with van der Waals surface area (Å²) >= 11 is 5.58. The Hall–Kier alpha value is -0.840. The predicted octanol–water partition coefficient (Wildman–Crippen LogP) is 5.85. The lowest BCUT2D eigenvalue weighted by Gasteiger charge is -2.28. The summed E-state index contributed by atoms with van der Waals surface area (Å²) in [6.45, 7) is 5.33. The molecule has 0 aliphatic carbocycles. The topological polar surface area (TPSA) is 0 Å². The lowest BCUT2D eigenvalue weighted by molar-refractivity contribution is -0.283. The average Bonchev–Trinajstić information content (AvgIpc) is 2.43. The second-order valence-electron chi connectivity index (χ2n) is 4.87. The Morgan fingerprint density at radius 1 is 0.905 bits per heavy atom. The van der Waals surface area contributed by atoms with E-state index in [1.54, 1.807) is 26.0 Å². The summed E-state index contributed by atoms with van der Waals surface area (Å²) in [5.74, 6) is -4.96. The maximum absolute atomic E-state index is 13.6. The number of rotatable bonds is 5. The molecule has 0 amide bonds. The summed E-state index contributed by atoms with van der Waals surface area (Å²) in [7, 11) is 0. The molecule has 0 aliphatic rings. The first-order valence-electron chi connectivity index (χ1n) is 6.83. The molecule has 0 N–H and O–H groups in total. The Morgan fingerprint density at radius 2 is 1.33 bits per heavy atom. The smallest absolute Gasteiger partial charge is 0.194 e. The number of aryl methyl sites for hydroxylation is 3. The molecule has 0 spiro atoms. The van der Waals surface area contributed by atoms with Crippen molar-refractivity contribution in [3.05, 3.63) is 34.4 Å². The van der Waals surface area contributed by atoms with Crippen molar-refractivity contribution in [2.45, 2.75) is 57.5 Å². The van der Waals surface area contributed by atoms with Gasteiger partial charge in [0.15, 0.2) is 0 Å². The van der Waals surface area contributed by atoms with Gasteiger partial charge in [0.05, 0.1) is 0 Å². The van der Waals surface area contributed by atoms with Crippen LogP contribution in [0, 0.1) is 0 Å². The summed E-state index contributed by atoms with van der Waals surface area (Å²) in [6.07, 6.45) is -4.28. The molecule has 1 aromatic carbocycles. The number of halogens is 6. The summed E-state index contributed by atoms with van der Waals surface area (Å²) in [5, 5.41) is -2.41. The molecule has 6 heteroatoms. The lowest BCUT2D eigenvalue weighted by atomic mass is 9.89. The molecule has 120 valence electrons. The third-order valence-corrected chi connectivity index (χ3v) is 4.02. The van der Waals surface area contributed by atoms with E-state index in [0.29, 0.717) is 30.4 Å². The van der Waals surface area contributed by atoms with Gasteiger partial charge in [0.2, 0.25) is 0 Å². The van der Waals surface area contributed by atoms with Crippen molar-refractivity contribution in [3.63, 3.8) is 0 Å². The Balaban J connectivity index is 3.47. The SMILES string of the molecule is CCc1cc(CC)c(C(Cl)C(F)(F)C(F)(F)F)c(CC)c1. The lowest BCUT2D eigenvalue weighted by Crippen LogP contribution is -2.40. The summed E-state index contributed by atoms with van der Waals surface area (Å²) in [6, 6.07) is 3.33. The molecule has 21 heavy (non-hydrogen) atoms. The van der Waals surface area contributed by atoms with E-state index in [1.165, 1.54) is 0 Å². The van der Waals surface area contributed by atoms with E-state index in [9.17, 15) is 22.0 Å². The van der Waals surface area contributed by atoms with Crippen LogP contribution in [0.2, 0.25) is 0 Å². The third kappa shape index (κ3) is 3.50. The summed E-state index contributed by atoms with van der Waals surface area (Å²) in [5.41, 5.74) is 1.73. The molecule has 0 aromatic heterocycles. The molecule has 0 radical (unpaired) electrons. The Kier molecular flexibility index (Phi) is 5.64. The van der Waals surface area contributed by atoms with Crippen LogP contribution < -0.4 is 0 Å². The van der Waals surface area contributed by atoms with Gasteiger partial charge in [-0.05, 0) is 41.5 Å². The van der Waals surface area contributed by atoms with Crippen LogP contribution in [-0.2, 0) is 19.3 Å². The minimum Gasteiger partial charge on any atom is -0.194 e. The van der Waals surface area contributed by atoms with Crippen molar-refractivity contribution in [2.75, 3.05) is 0 Å². The van der Waals surface area contributed by atoms with Crippen molar-refractivity contribution in [1.82, 2.24) is 0 Å². The molecular formula is C15H18ClF5. The second kappa shape index (κ2) is 6.51. The average molecular weight is 329 g/mol. The zero-order valence-electron chi connectivity index (χ0n) is 12.1. The van der Waals surface area contributed by atoms with Crippen LogP contribution in [0.4, 0.5) is 22.0 Å². The van der Waals surface area contributed by atoms with Crippen molar-refractivity contribution >= 4 is 11.6 Å². The van der Waals surface area contributed by atoms with Gasteiger partial charge in [-0.25, -0.2) is 0 Å². The van der Waals surface area contributed by atoms with Gasteiger partial charge in [0.25, 0.3) is 0 Å². The van der Waals surface area contributed by atoms with Crippen LogP contribution in [0.25, 0.3) is 0 Å². The molecule has 0 fully saturated rings.